The Bertz CT molecular complexity index is 823. The Kier molecular flexibility index (Phi) is 5.27. The fraction of sp³-hybridized carbons (Fsp3) is 0.333. The summed E-state index contributed by atoms with van der Waals surface area (Å²) in [5.41, 5.74) is -0.0697. The monoisotopic (exact) mass is 340 g/mol. The molecule has 6 nitrogen and oxygen atoms in total. The van der Waals surface area contributed by atoms with E-state index in [0.717, 1.165) is 12.1 Å². The molecule has 1 heterocycles. The van der Waals surface area contributed by atoms with Crippen molar-refractivity contribution < 1.29 is 22.3 Å². The van der Waals surface area contributed by atoms with Crippen LogP contribution < -0.4 is 4.72 Å². The van der Waals surface area contributed by atoms with Crippen LogP contribution in [0.25, 0.3) is 10.9 Å². The average Bonchev–Trinajstić information content (AvgIpc) is 2.52. The third-order valence-corrected chi connectivity index (χ3v) is 4.64. The highest BCUT2D eigenvalue weighted by molar-refractivity contribution is 7.90. The molecule has 0 aliphatic carbocycles. The predicted molar refractivity (Wildman–Crippen MR) is 82.7 cm³/mol. The molecule has 124 valence electrons. The molecule has 1 aromatic heterocycles. The van der Waals surface area contributed by atoms with Crippen molar-refractivity contribution in [3.8, 4) is 0 Å². The number of carbonyl (C=O) groups excluding carboxylic acids is 1. The molecular formula is C15H17FN2O4S. The maximum absolute atomic E-state index is 13.7. The summed E-state index contributed by atoms with van der Waals surface area (Å²) in [6, 6.07) is 5.05. The molecule has 23 heavy (non-hydrogen) atoms. The fourth-order valence-electron chi connectivity index (χ4n) is 2.18. The minimum absolute atomic E-state index is 0.0697. The molecule has 2 rings (SSSR count). The molecule has 0 aliphatic rings. The van der Waals surface area contributed by atoms with Gasteiger partial charge in [0.05, 0.1) is 4.90 Å². The van der Waals surface area contributed by atoms with Gasteiger partial charge < -0.3 is 4.74 Å². The van der Waals surface area contributed by atoms with Gasteiger partial charge in [-0.15, -0.1) is 0 Å². The lowest BCUT2D eigenvalue weighted by Crippen LogP contribution is -2.39. The summed E-state index contributed by atoms with van der Waals surface area (Å²) in [5.74, 6) is -1.39. The third kappa shape index (κ3) is 3.65. The number of hydrogen-bond acceptors (Lipinski definition) is 5. The van der Waals surface area contributed by atoms with Gasteiger partial charge in [-0.3, -0.25) is 9.78 Å². The molecule has 1 aromatic carbocycles. The van der Waals surface area contributed by atoms with Crippen LogP contribution in [0.5, 0.6) is 0 Å². The van der Waals surface area contributed by atoms with Crippen molar-refractivity contribution in [3.63, 3.8) is 0 Å². The first kappa shape index (κ1) is 17.3. The fourth-order valence-corrected chi connectivity index (χ4v) is 3.39. The number of sulfonamides is 1. The molecule has 1 N–H and O–H groups in total. The van der Waals surface area contributed by atoms with E-state index in [9.17, 15) is 17.6 Å². The minimum atomic E-state index is -4.16. The van der Waals surface area contributed by atoms with E-state index in [-0.39, 0.29) is 22.4 Å². The van der Waals surface area contributed by atoms with E-state index in [4.69, 9.17) is 4.74 Å². The van der Waals surface area contributed by atoms with Gasteiger partial charge in [0.1, 0.15) is 17.4 Å². The topological polar surface area (TPSA) is 85.4 Å². The zero-order valence-corrected chi connectivity index (χ0v) is 13.6. The molecule has 0 bridgehead atoms. The van der Waals surface area contributed by atoms with Gasteiger partial charge in [0.2, 0.25) is 0 Å². The van der Waals surface area contributed by atoms with Crippen LogP contribution in [0.3, 0.4) is 0 Å². The van der Waals surface area contributed by atoms with E-state index in [1.807, 2.05) is 4.72 Å². The molecule has 1 atom stereocenters. The molecule has 2 aromatic rings. The summed E-state index contributed by atoms with van der Waals surface area (Å²) in [4.78, 5) is 15.7. The van der Waals surface area contributed by atoms with Gasteiger partial charge in [0, 0.05) is 18.2 Å². The van der Waals surface area contributed by atoms with Crippen molar-refractivity contribution in [2.45, 2.75) is 31.3 Å². The van der Waals surface area contributed by atoms with E-state index in [1.165, 1.54) is 18.3 Å². The summed E-state index contributed by atoms with van der Waals surface area (Å²) in [6.45, 7) is 3.71. The number of hydrogen-bond donors (Lipinski definition) is 1. The Labute approximate surface area is 133 Å². The second kappa shape index (κ2) is 7.01. The molecule has 8 heteroatoms. The van der Waals surface area contributed by atoms with Crippen LogP contribution in [0.2, 0.25) is 0 Å². The van der Waals surface area contributed by atoms with Gasteiger partial charge >= 0.3 is 0 Å². The number of fused-ring (bicyclic) bond motifs is 1. The molecule has 1 unspecified atom stereocenters. The second-order valence-electron chi connectivity index (χ2n) is 4.77. The predicted octanol–water partition coefficient (Wildman–Crippen LogP) is 1.99. The van der Waals surface area contributed by atoms with Gasteiger partial charge in [-0.1, -0.05) is 6.92 Å². The zero-order chi connectivity index (χ0) is 17.0. The number of nitrogens with one attached hydrogen (secondary N) is 1. The van der Waals surface area contributed by atoms with Gasteiger partial charge in [-0.05, 0) is 37.6 Å². The van der Waals surface area contributed by atoms with Gasteiger partial charge in [0.15, 0.2) is 0 Å². The van der Waals surface area contributed by atoms with Crippen LogP contribution in [0.4, 0.5) is 4.39 Å². The largest absolute Gasteiger partial charge is 0.369 e. The molecular weight excluding hydrogens is 323 g/mol. The Morgan fingerprint density at radius 2 is 2.09 bits per heavy atom. The Morgan fingerprint density at radius 1 is 1.35 bits per heavy atom. The van der Waals surface area contributed by atoms with Crippen LogP contribution in [-0.2, 0) is 19.6 Å². The van der Waals surface area contributed by atoms with E-state index in [1.54, 1.807) is 13.8 Å². The molecule has 0 saturated carbocycles. The van der Waals surface area contributed by atoms with Crippen LogP contribution >= 0.6 is 0 Å². The van der Waals surface area contributed by atoms with Crippen molar-refractivity contribution in [1.82, 2.24) is 9.71 Å². The Hall–Kier alpha value is -2.06. The number of aromatic nitrogens is 1. The van der Waals surface area contributed by atoms with Crippen molar-refractivity contribution in [1.29, 1.82) is 0 Å². The maximum Gasteiger partial charge on any atom is 0.264 e. The lowest BCUT2D eigenvalue weighted by molar-refractivity contribution is -0.130. The lowest BCUT2D eigenvalue weighted by Gasteiger charge is -2.15. The number of pyridine rings is 1. The maximum atomic E-state index is 13.7. The molecule has 0 fully saturated rings. The standard InChI is InChI=1S/C15H17FN2O4S/c1-3-12(22-4-2)15(19)18-23(20,21)13-8-7-11(16)14-10(13)6-5-9-17-14/h5-9,12H,3-4H2,1-2H3,(H,18,19). The lowest BCUT2D eigenvalue weighted by atomic mass is 10.2. The van der Waals surface area contributed by atoms with Crippen LogP contribution in [-0.4, -0.2) is 32.0 Å². The van der Waals surface area contributed by atoms with E-state index >= 15 is 0 Å². The molecule has 0 saturated heterocycles. The number of amides is 1. The number of ether oxygens (including phenoxy) is 1. The Morgan fingerprint density at radius 3 is 2.74 bits per heavy atom. The number of halogens is 1. The van der Waals surface area contributed by atoms with Crippen LogP contribution in [0.1, 0.15) is 20.3 Å². The average molecular weight is 340 g/mol. The Balaban J connectivity index is 2.41. The van der Waals surface area contributed by atoms with Crippen molar-refractivity contribution in [2.24, 2.45) is 0 Å². The summed E-state index contributed by atoms with van der Waals surface area (Å²) in [7, 11) is -4.16. The van der Waals surface area contributed by atoms with Crippen molar-refractivity contribution in [2.75, 3.05) is 6.61 Å². The molecule has 1 amide bonds. The van der Waals surface area contributed by atoms with E-state index < -0.39 is 27.9 Å². The summed E-state index contributed by atoms with van der Waals surface area (Å²) in [5, 5.41) is 0.109. The number of rotatable bonds is 6. The van der Waals surface area contributed by atoms with Crippen LogP contribution in [0, 0.1) is 5.82 Å². The smallest absolute Gasteiger partial charge is 0.264 e. The molecule has 0 radical (unpaired) electrons. The summed E-state index contributed by atoms with van der Waals surface area (Å²) < 4.78 is 45.8. The highest BCUT2D eigenvalue weighted by Gasteiger charge is 2.25. The number of carbonyl (C=O) groups is 1. The van der Waals surface area contributed by atoms with Gasteiger partial charge in [-0.25, -0.2) is 17.5 Å². The van der Waals surface area contributed by atoms with E-state index in [0.29, 0.717) is 6.42 Å². The first-order valence-electron chi connectivity index (χ1n) is 7.12. The van der Waals surface area contributed by atoms with E-state index in [2.05, 4.69) is 4.98 Å². The van der Waals surface area contributed by atoms with Gasteiger partial charge in [0.25, 0.3) is 15.9 Å². The number of nitrogens with zero attached hydrogens (tertiary/aromatic N) is 1. The highest BCUT2D eigenvalue weighted by Crippen LogP contribution is 2.23. The normalized spacial score (nSPS) is 13.0. The molecule has 0 spiro atoms. The zero-order valence-electron chi connectivity index (χ0n) is 12.7. The first-order chi connectivity index (χ1) is 10.9. The number of benzene rings is 1. The minimum Gasteiger partial charge on any atom is -0.369 e. The first-order valence-corrected chi connectivity index (χ1v) is 8.60. The third-order valence-electron chi connectivity index (χ3n) is 3.24. The summed E-state index contributed by atoms with van der Waals surface area (Å²) in [6.07, 6.45) is 0.836. The summed E-state index contributed by atoms with van der Waals surface area (Å²) >= 11 is 0. The highest BCUT2D eigenvalue weighted by atomic mass is 32.2. The molecule has 0 aliphatic heterocycles. The van der Waals surface area contributed by atoms with Gasteiger partial charge in [-0.2, -0.15) is 0 Å². The SMILES string of the molecule is CCOC(CC)C(=O)NS(=O)(=O)c1ccc(F)c2ncccc12. The quantitative estimate of drug-likeness (QED) is 0.869. The van der Waals surface area contributed by atoms with Crippen molar-refractivity contribution in [3.05, 3.63) is 36.3 Å². The van der Waals surface area contributed by atoms with Crippen LogP contribution in [0.15, 0.2) is 35.4 Å². The van der Waals surface area contributed by atoms with Crippen molar-refractivity contribution >= 4 is 26.8 Å². The second-order valence-corrected chi connectivity index (χ2v) is 6.42.